The number of methoxy groups -OCH3 is 1. The van der Waals surface area contributed by atoms with Gasteiger partial charge in [-0.2, -0.15) is 0 Å². The second-order valence-electron chi connectivity index (χ2n) is 6.91. The van der Waals surface area contributed by atoms with Crippen molar-refractivity contribution < 1.29 is 24.0 Å². The first-order valence-electron chi connectivity index (χ1n) is 9.68. The van der Waals surface area contributed by atoms with Crippen molar-refractivity contribution in [2.24, 2.45) is 0 Å². The van der Waals surface area contributed by atoms with Crippen LogP contribution in [0.5, 0.6) is 17.2 Å². The van der Waals surface area contributed by atoms with E-state index in [4.69, 9.17) is 21.1 Å². The SMILES string of the molecule is COc1ccc(Cl)cc1NC(=O)CN(C)C(=O)c1cc([N+](=O)[O-])ccc1Oc1ccccc1. The summed E-state index contributed by atoms with van der Waals surface area (Å²) in [6.07, 6.45) is 0. The van der Waals surface area contributed by atoms with Crippen molar-refractivity contribution in [3.8, 4) is 17.2 Å². The van der Waals surface area contributed by atoms with Gasteiger partial charge in [0.1, 0.15) is 17.2 Å². The van der Waals surface area contributed by atoms with Crippen molar-refractivity contribution in [2.75, 3.05) is 26.0 Å². The van der Waals surface area contributed by atoms with Crippen LogP contribution in [0.1, 0.15) is 10.4 Å². The highest BCUT2D eigenvalue weighted by atomic mass is 35.5. The Labute approximate surface area is 194 Å². The maximum Gasteiger partial charge on any atom is 0.270 e. The number of nitro benzene ring substituents is 1. The zero-order valence-corrected chi connectivity index (χ0v) is 18.5. The molecule has 33 heavy (non-hydrogen) atoms. The second-order valence-corrected chi connectivity index (χ2v) is 7.34. The quantitative estimate of drug-likeness (QED) is 0.376. The summed E-state index contributed by atoms with van der Waals surface area (Å²) in [5.41, 5.74) is 0.0169. The predicted octanol–water partition coefficient (Wildman–Crippen LogP) is 4.76. The molecule has 9 nitrogen and oxygen atoms in total. The number of halogens is 1. The van der Waals surface area contributed by atoms with Crippen LogP contribution in [0.15, 0.2) is 66.7 Å². The molecule has 0 aliphatic heterocycles. The number of carbonyl (C=O) groups excluding carboxylic acids is 2. The number of non-ortho nitro benzene ring substituents is 1. The Balaban J connectivity index is 1.81. The Morgan fingerprint density at radius 2 is 1.76 bits per heavy atom. The monoisotopic (exact) mass is 469 g/mol. The van der Waals surface area contributed by atoms with Crippen LogP contribution in [0.3, 0.4) is 0 Å². The molecule has 0 fully saturated rings. The molecule has 3 aromatic rings. The van der Waals surface area contributed by atoms with Crippen molar-refractivity contribution >= 4 is 34.8 Å². The molecule has 3 rings (SSSR count). The van der Waals surface area contributed by atoms with Crippen molar-refractivity contribution in [2.45, 2.75) is 0 Å². The second kappa shape index (κ2) is 10.5. The van der Waals surface area contributed by atoms with Gasteiger partial charge in [0.15, 0.2) is 0 Å². The topological polar surface area (TPSA) is 111 Å². The van der Waals surface area contributed by atoms with E-state index in [0.29, 0.717) is 22.2 Å². The number of likely N-dealkylation sites (N-methyl/N-ethyl adjacent to an activating group) is 1. The van der Waals surface area contributed by atoms with E-state index in [1.54, 1.807) is 42.5 Å². The molecular formula is C23H20ClN3O6. The van der Waals surface area contributed by atoms with Gasteiger partial charge < -0.3 is 19.7 Å². The fourth-order valence-corrected chi connectivity index (χ4v) is 3.14. The van der Waals surface area contributed by atoms with Gasteiger partial charge in [-0.3, -0.25) is 19.7 Å². The van der Waals surface area contributed by atoms with Gasteiger partial charge in [-0.15, -0.1) is 0 Å². The molecule has 0 aliphatic carbocycles. The first kappa shape index (κ1) is 23.6. The van der Waals surface area contributed by atoms with Gasteiger partial charge in [-0.25, -0.2) is 0 Å². The average molecular weight is 470 g/mol. The molecular weight excluding hydrogens is 450 g/mol. The fraction of sp³-hybridized carbons (Fsp3) is 0.130. The zero-order valence-electron chi connectivity index (χ0n) is 17.8. The van der Waals surface area contributed by atoms with Gasteiger partial charge in [0.05, 0.1) is 29.8 Å². The molecule has 0 spiro atoms. The van der Waals surface area contributed by atoms with Crippen LogP contribution in [0.4, 0.5) is 11.4 Å². The van der Waals surface area contributed by atoms with Crippen LogP contribution < -0.4 is 14.8 Å². The number of nitro groups is 1. The van der Waals surface area contributed by atoms with Gasteiger partial charge in [0.2, 0.25) is 5.91 Å². The van der Waals surface area contributed by atoms with Crippen molar-refractivity contribution in [1.82, 2.24) is 4.90 Å². The Kier molecular flexibility index (Phi) is 7.47. The molecule has 10 heteroatoms. The largest absolute Gasteiger partial charge is 0.495 e. The summed E-state index contributed by atoms with van der Waals surface area (Å²) in [6, 6.07) is 17.1. The van der Waals surface area contributed by atoms with Gasteiger partial charge in [0, 0.05) is 24.2 Å². The Bertz CT molecular complexity index is 1190. The molecule has 3 aromatic carbocycles. The third-order valence-corrected chi connectivity index (χ3v) is 4.77. The van der Waals surface area contributed by atoms with Crippen LogP contribution in [-0.2, 0) is 4.79 Å². The fourth-order valence-electron chi connectivity index (χ4n) is 2.96. The van der Waals surface area contributed by atoms with Crippen molar-refractivity contribution in [1.29, 1.82) is 0 Å². The number of anilines is 1. The van der Waals surface area contributed by atoms with Gasteiger partial charge in [-0.05, 0) is 36.4 Å². The number of ether oxygens (including phenoxy) is 2. The Hall–Kier alpha value is -4.11. The zero-order chi connectivity index (χ0) is 24.0. The molecule has 0 saturated heterocycles. The van der Waals surface area contributed by atoms with Gasteiger partial charge >= 0.3 is 0 Å². The average Bonchev–Trinajstić information content (AvgIpc) is 2.79. The molecule has 2 amide bonds. The van der Waals surface area contributed by atoms with Crippen LogP contribution in [0.25, 0.3) is 0 Å². The lowest BCUT2D eigenvalue weighted by Gasteiger charge is -2.19. The predicted molar refractivity (Wildman–Crippen MR) is 123 cm³/mol. The van der Waals surface area contributed by atoms with Crippen LogP contribution in [-0.4, -0.2) is 42.3 Å². The van der Waals surface area contributed by atoms with Crippen molar-refractivity contribution in [3.63, 3.8) is 0 Å². The Morgan fingerprint density at radius 1 is 1.06 bits per heavy atom. The molecule has 0 saturated carbocycles. The lowest BCUT2D eigenvalue weighted by molar-refractivity contribution is -0.384. The Morgan fingerprint density at radius 3 is 2.42 bits per heavy atom. The lowest BCUT2D eigenvalue weighted by atomic mass is 10.1. The molecule has 170 valence electrons. The lowest BCUT2D eigenvalue weighted by Crippen LogP contribution is -2.35. The molecule has 0 heterocycles. The molecule has 0 aromatic heterocycles. The summed E-state index contributed by atoms with van der Waals surface area (Å²) in [4.78, 5) is 37.4. The van der Waals surface area contributed by atoms with Crippen LogP contribution in [0, 0.1) is 10.1 Å². The van der Waals surface area contributed by atoms with Crippen molar-refractivity contribution in [3.05, 3.63) is 87.4 Å². The summed E-state index contributed by atoms with van der Waals surface area (Å²) in [7, 11) is 2.85. The number of rotatable bonds is 8. The van der Waals surface area contributed by atoms with Crippen LogP contribution >= 0.6 is 11.6 Å². The standard InChI is InChI=1S/C23H20ClN3O6/c1-26(14-22(28)25-19-12-15(24)8-10-21(19)32-2)23(29)18-13-16(27(30)31)9-11-20(18)33-17-6-4-3-5-7-17/h3-13H,14H2,1-2H3,(H,25,28). The number of nitrogens with one attached hydrogen (secondary N) is 1. The minimum Gasteiger partial charge on any atom is -0.495 e. The number of nitrogens with zero attached hydrogens (tertiary/aromatic N) is 2. The number of amides is 2. The third-order valence-electron chi connectivity index (χ3n) is 4.54. The summed E-state index contributed by atoms with van der Waals surface area (Å²) < 4.78 is 11.0. The number of para-hydroxylation sites is 1. The first-order valence-corrected chi connectivity index (χ1v) is 10.1. The maximum absolute atomic E-state index is 13.1. The van der Waals surface area contributed by atoms with E-state index < -0.39 is 16.7 Å². The molecule has 0 radical (unpaired) electrons. The summed E-state index contributed by atoms with van der Waals surface area (Å²) in [5.74, 6) is -0.159. The molecule has 0 atom stereocenters. The summed E-state index contributed by atoms with van der Waals surface area (Å²) in [6.45, 7) is -0.331. The van der Waals surface area contributed by atoms with E-state index in [9.17, 15) is 19.7 Å². The molecule has 0 aliphatic rings. The molecule has 0 unspecified atom stereocenters. The first-order chi connectivity index (χ1) is 15.8. The highest BCUT2D eigenvalue weighted by molar-refractivity contribution is 6.31. The number of benzene rings is 3. The highest BCUT2D eigenvalue weighted by Crippen LogP contribution is 2.30. The van der Waals surface area contributed by atoms with E-state index in [1.165, 1.54) is 32.4 Å². The van der Waals surface area contributed by atoms with E-state index >= 15 is 0 Å². The van der Waals surface area contributed by atoms with Gasteiger partial charge in [0.25, 0.3) is 11.6 Å². The van der Waals surface area contributed by atoms with E-state index in [1.807, 2.05) is 0 Å². The minimum atomic E-state index is -0.627. The number of hydrogen-bond donors (Lipinski definition) is 1. The maximum atomic E-state index is 13.1. The summed E-state index contributed by atoms with van der Waals surface area (Å²) >= 11 is 5.98. The molecule has 1 N–H and O–H groups in total. The number of carbonyl (C=O) groups is 2. The van der Waals surface area contributed by atoms with E-state index in [2.05, 4.69) is 5.32 Å². The number of hydrogen-bond acceptors (Lipinski definition) is 6. The van der Waals surface area contributed by atoms with E-state index in [0.717, 1.165) is 11.0 Å². The van der Waals surface area contributed by atoms with Crippen LogP contribution in [0.2, 0.25) is 5.02 Å². The third kappa shape index (κ3) is 5.98. The normalized spacial score (nSPS) is 10.3. The van der Waals surface area contributed by atoms with Gasteiger partial charge in [-0.1, -0.05) is 29.8 Å². The minimum absolute atomic E-state index is 0.0521. The smallest absolute Gasteiger partial charge is 0.270 e. The molecule has 0 bridgehead atoms. The van der Waals surface area contributed by atoms with E-state index in [-0.39, 0.29) is 23.5 Å². The highest BCUT2D eigenvalue weighted by Gasteiger charge is 2.23. The summed E-state index contributed by atoms with van der Waals surface area (Å²) in [5, 5.41) is 14.3.